The summed E-state index contributed by atoms with van der Waals surface area (Å²) in [4.78, 5) is 17.1. The lowest BCUT2D eigenvalue weighted by atomic mass is 10.1. The Morgan fingerprint density at radius 2 is 1.96 bits per heavy atom. The Hall–Kier alpha value is -2.77. The topological polar surface area (TPSA) is 98.2 Å². The number of nitrogens with one attached hydrogen (secondary N) is 1. The van der Waals surface area contributed by atoms with Gasteiger partial charge in [-0.05, 0) is 37.8 Å². The van der Waals surface area contributed by atoms with Crippen molar-refractivity contribution in [2.24, 2.45) is 0 Å². The van der Waals surface area contributed by atoms with Crippen LogP contribution in [-0.2, 0) is 11.2 Å². The summed E-state index contributed by atoms with van der Waals surface area (Å²) in [7, 11) is 0. The van der Waals surface area contributed by atoms with Crippen LogP contribution < -0.4 is 5.32 Å². The Morgan fingerprint density at radius 1 is 1.14 bits per heavy atom. The lowest BCUT2D eigenvalue weighted by Crippen LogP contribution is -2.35. The van der Waals surface area contributed by atoms with Gasteiger partial charge in [0.05, 0.1) is 12.0 Å². The molecule has 1 amide bonds. The molecule has 8 heteroatoms. The number of aromatic nitrogens is 5. The molecule has 2 saturated carbocycles. The first-order valence-corrected chi connectivity index (χ1v) is 10.2. The SMILES string of the molecule is O=C(Cc1nnc2c(-c3nc(C4CC4)no3)cccn12)NC1CCCCCC1. The molecule has 8 nitrogen and oxygen atoms in total. The van der Waals surface area contributed by atoms with Gasteiger partial charge >= 0.3 is 0 Å². The van der Waals surface area contributed by atoms with Crippen molar-refractivity contribution in [3.63, 3.8) is 0 Å². The fourth-order valence-electron chi connectivity index (χ4n) is 3.95. The Labute approximate surface area is 162 Å². The van der Waals surface area contributed by atoms with Gasteiger partial charge in [-0.2, -0.15) is 4.98 Å². The number of hydrogen-bond donors (Lipinski definition) is 1. The van der Waals surface area contributed by atoms with Gasteiger partial charge in [-0.25, -0.2) is 0 Å². The highest BCUT2D eigenvalue weighted by molar-refractivity contribution is 5.79. The highest BCUT2D eigenvalue weighted by Gasteiger charge is 2.29. The Balaban J connectivity index is 1.35. The van der Waals surface area contributed by atoms with E-state index in [1.807, 2.05) is 22.7 Å². The molecule has 0 aliphatic heterocycles. The van der Waals surface area contributed by atoms with E-state index >= 15 is 0 Å². The van der Waals surface area contributed by atoms with Gasteiger partial charge in [-0.15, -0.1) is 10.2 Å². The summed E-state index contributed by atoms with van der Waals surface area (Å²) in [6.07, 6.45) is 11.4. The van der Waals surface area contributed by atoms with Gasteiger partial charge in [-0.1, -0.05) is 30.8 Å². The first-order valence-electron chi connectivity index (χ1n) is 10.2. The second-order valence-corrected chi connectivity index (χ2v) is 7.90. The van der Waals surface area contributed by atoms with Crippen molar-refractivity contribution in [1.82, 2.24) is 30.1 Å². The number of fused-ring (bicyclic) bond motifs is 1. The highest BCUT2D eigenvalue weighted by Crippen LogP contribution is 2.39. The van der Waals surface area contributed by atoms with Gasteiger partial charge in [0.15, 0.2) is 11.5 Å². The fourth-order valence-corrected chi connectivity index (χ4v) is 3.95. The number of carbonyl (C=O) groups excluding carboxylic acids is 1. The molecule has 0 unspecified atom stereocenters. The van der Waals surface area contributed by atoms with Crippen molar-refractivity contribution >= 4 is 11.6 Å². The zero-order valence-electron chi connectivity index (χ0n) is 15.8. The van der Waals surface area contributed by atoms with E-state index in [9.17, 15) is 4.79 Å². The van der Waals surface area contributed by atoms with Crippen LogP contribution in [0.2, 0.25) is 0 Å². The highest BCUT2D eigenvalue weighted by atomic mass is 16.5. The van der Waals surface area contributed by atoms with Gasteiger partial charge < -0.3 is 9.84 Å². The quantitative estimate of drug-likeness (QED) is 0.683. The van der Waals surface area contributed by atoms with Crippen molar-refractivity contribution in [3.05, 3.63) is 30.0 Å². The molecule has 2 aliphatic rings. The molecule has 0 saturated heterocycles. The molecule has 0 spiro atoms. The van der Waals surface area contributed by atoms with Crippen molar-refractivity contribution in [1.29, 1.82) is 0 Å². The van der Waals surface area contributed by atoms with Crippen LogP contribution in [0.25, 0.3) is 17.1 Å². The third-order valence-corrected chi connectivity index (χ3v) is 5.66. The predicted molar refractivity (Wildman–Crippen MR) is 102 cm³/mol. The second kappa shape index (κ2) is 7.33. The average molecular weight is 380 g/mol. The molecule has 1 N–H and O–H groups in total. The molecular weight excluding hydrogens is 356 g/mol. The van der Waals surface area contributed by atoms with Gasteiger partial charge in [-0.3, -0.25) is 9.20 Å². The van der Waals surface area contributed by atoms with Crippen molar-refractivity contribution in [2.75, 3.05) is 0 Å². The molecule has 3 aromatic heterocycles. The number of amides is 1. The number of nitrogens with zero attached hydrogens (tertiary/aromatic N) is 5. The van der Waals surface area contributed by atoms with E-state index in [1.54, 1.807) is 0 Å². The summed E-state index contributed by atoms with van der Waals surface area (Å²) in [6.45, 7) is 0. The van der Waals surface area contributed by atoms with E-state index in [-0.39, 0.29) is 18.4 Å². The molecule has 0 atom stereocenters. The molecule has 0 radical (unpaired) electrons. The molecule has 5 rings (SSSR count). The maximum Gasteiger partial charge on any atom is 0.261 e. The van der Waals surface area contributed by atoms with E-state index in [0.717, 1.165) is 37.1 Å². The Bertz CT molecular complexity index is 982. The van der Waals surface area contributed by atoms with Crippen LogP contribution in [-0.4, -0.2) is 36.7 Å². The molecule has 3 heterocycles. The number of pyridine rings is 1. The normalized spacial score (nSPS) is 18.3. The molecule has 28 heavy (non-hydrogen) atoms. The summed E-state index contributed by atoms with van der Waals surface area (Å²) < 4.78 is 7.28. The van der Waals surface area contributed by atoms with Crippen molar-refractivity contribution in [2.45, 2.75) is 69.7 Å². The van der Waals surface area contributed by atoms with Gasteiger partial charge in [0.25, 0.3) is 5.89 Å². The monoisotopic (exact) mass is 380 g/mol. The van der Waals surface area contributed by atoms with Crippen LogP contribution in [0.4, 0.5) is 0 Å². The minimum atomic E-state index is 0.000382. The van der Waals surface area contributed by atoms with Crippen LogP contribution in [0.5, 0.6) is 0 Å². The van der Waals surface area contributed by atoms with Crippen LogP contribution in [0.1, 0.15) is 68.9 Å². The number of hydrogen-bond acceptors (Lipinski definition) is 6. The maximum atomic E-state index is 12.5. The molecule has 0 bridgehead atoms. The summed E-state index contributed by atoms with van der Waals surface area (Å²) >= 11 is 0. The summed E-state index contributed by atoms with van der Waals surface area (Å²) in [5.41, 5.74) is 1.37. The molecule has 2 aliphatic carbocycles. The third-order valence-electron chi connectivity index (χ3n) is 5.66. The van der Waals surface area contributed by atoms with E-state index in [4.69, 9.17) is 4.52 Å². The van der Waals surface area contributed by atoms with Crippen LogP contribution >= 0.6 is 0 Å². The zero-order valence-corrected chi connectivity index (χ0v) is 15.8. The predicted octanol–water partition coefficient (Wildman–Crippen LogP) is 3.04. The number of carbonyl (C=O) groups is 1. The van der Waals surface area contributed by atoms with Crippen LogP contribution in [0.3, 0.4) is 0 Å². The van der Waals surface area contributed by atoms with Crippen molar-refractivity contribution in [3.8, 4) is 11.5 Å². The summed E-state index contributed by atoms with van der Waals surface area (Å²) in [6, 6.07) is 4.06. The summed E-state index contributed by atoms with van der Waals surface area (Å²) in [5, 5.41) is 15.8. The van der Waals surface area contributed by atoms with Gasteiger partial charge in [0.2, 0.25) is 5.91 Å². The Kier molecular flexibility index (Phi) is 4.54. The lowest BCUT2D eigenvalue weighted by Gasteiger charge is -2.15. The molecular formula is C20H24N6O2. The number of rotatable bonds is 5. The minimum absolute atomic E-state index is 0.000382. The molecule has 2 fully saturated rings. The second-order valence-electron chi connectivity index (χ2n) is 7.90. The van der Waals surface area contributed by atoms with Crippen LogP contribution in [0.15, 0.2) is 22.9 Å². The Morgan fingerprint density at radius 3 is 2.75 bits per heavy atom. The fraction of sp³-hybridized carbons (Fsp3) is 0.550. The largest absolute Gasteiger partial charge is 0.353 e. The smallest absolute Gasteiger partial charge is 0.261 e. The van der Waals surface area contributed by atoms with Crippen LogP contribution in [0, 0.1) is 0 Å². The first kappa shape index (κ1) is 17.3. The standard InChI is InChI=1S/C20H24N6O2/c27-17(21-14-6-3-1-2-4-7-14)12-16-23-24-19-15(8-5-11-26(16)19)20-22-18(25-28-20)13-9-10-13/h5,8,11,13-14H,1-4,6-7,9-10,12H2,(H,21,27). The first-order chi connectivity index (χ1) is 13.8. The van der Waals surface area contributed by atoms with Crippen molar-refractivity contribution < 1.29 is 9.32 Å². The summed E-state index contributed by atoms with van der Waals surface area (Å²) in [5.74, 6) is 2.26. The molecule has 0 aromatic carbocycles. The zero-order chi connectivity index (χ0) is 18.9. The maximum absolute atomic E-state index is 12.5. The van der Waals surface area contributed by atoms with E-state index in [1.165, 1.54) is 25.7 Å². The lowest BCUT2D eigenvalue weighted by molar-refractivity contribution is -0.121. The molecule has 146 valence electrons. The molecule has 3 aromatic rings. The van der Waals surface area contributed by atoms with Gasteiger partial charge in [0.1, 0.15) is 5.82 Å². The minimum Gasteiger partial charge on any atom is -0.353 e. The third kappa shape index (κ3) is 3.50. The van der Waals surface area contributed by atoms with E-state index in [2.05, 4.69) is 25.7 Å². The average Bonchev–Trinajstić information content (AvgIpc) is 3.38. The van der Waals surface area contributed by atoms with E-state index in [0.29, 0.717) is 23.3 Å². The van der Waals surface area contributed by atoms with E-state index < -0.39 is 0 Å². The van der Waals surface area contributed by atoms with Gasteiger partial charge in [0, 0.05) is 18.2 Å².